The van der Waals surface area contributed by atoms with E-state index in [-0.39, 0.29) is 6.04 Å². The maximum atomic E-state index is 13.2. The number of rotatable bonds is 3. The molecule has 1 aromatic carbocycles. The van der Waals surface area contributed by atoms with Crippen molar-refractivity contribution in [3.05, 3.63) is 29.6 Å². The zero-order chi connectivity index (χ0) is 14.7. The molecule has 1 aliphatic heterocycles. The number of hydrogen-bond acceptors (Lipinski definition) is 2. The van der Waals surface area contributed by atoms with Gasteiger partial charge in [-0.15, -0.1) is 0 Å². The van der Waals surface area contributed by atoms with Crippen LogP contribution < -0.4 is 5.32 Å². The van der Waals surface area contributed by atoms with Gasteiger partial charge in [-0.3, -0.25) is 0 Å². The van der Waals surface area contributed by atoms with Crippen molar-refractivity contribution in [1.29, 1.82) is 0 Å². The summed E-state index contributed by atoms with van der Waals surface area (Å²) in [5, 5.41) is 3.12. The van der Waals surface area contributed by atoms with Crippen LogP contribution in [0, 0.1) is 17.5 Å². The van der Waals surface area contributed by atoms with E-state index < -0.39 is 17.5 Å². The largest absolute Gasteiger partial charge is 0.382 e. The Morgan fingerprint density at radius 1 is 1.10 bits per heavy atom. The molecule has 0 saturated carbocycles. The van der Waals surface area contributed by atoms with Gasteiger partial charge >= 0.3 is 0 Å². The van der Waals surface area contributed by atoms with Gasteiger partial charge in [-0.2, -0.15) is 0 Å². The van der Waals surface area contributed by atoms with Crippen LogP contribution in [0.3, 0.4) is 0 Å². The lowest BCUT2D eigenvalue weighted by Crippen LogP contribution is -2.32. The third-order valence-electron chi connectivity index (χ3n) is 3.85. The van der Waals surface area contributed by atoms with Crippen LogP contribution in [0.2, 0.25) is 0 Å². The molecule has 5 heteroatoms. The number of nitrogens with zero attached hydrogens (tertiary/aromatic N) is 1. The van der Waals surface area contributed by atoms with Crippen LogP contribution in [-0.2, 0) is 0 Å². The quantitative estimate of drug-likeness (QED) is 0.851. The monoisotopic (exact) mass is 286 g/mol. The topological polar surface area (TPSA) is 15.3 Å². The summed E-state index contributed by atoms with van der Waals surface area (Å²) in [5.41, 5.74) is 0.310. The number of halogens is 3. The number of hydrogen-bond donors (Lipinski definition) is 1. The molecular weight excluding hydrogens is 265 g/mol. The average molecular weight is 286 g/mol. The predicted octanol–water partition coefficient (Wildman–Crippen LogP) is 3.78. The van der Waals surface area contributed by atoms with E-state index in [1.807, 2.05) is 0 Å². The lowest BCUT2D eigenvalue weighted by Gasteiger charge is -2.24. The Hall–Kier alpha value is -1.23. The molecule has 0 radical (unpaired) electrons. The molecule has 1 aliphatic rings. The zero-order valence-electron chi connectivity index (χ0n) is 11.9. The fourth-order valence-corrected chi connectivity index (χ4v) is 2.65. The van der Waals surface area contributed by atoms with Crippen molar-refractivity contribution < 1.29 is 13.2 Å². The highest BCUT2D eigenvalue weighted by atomic mass is 19.2. The van der Waals surface area contributed by atoms with Crippen molar-refractivity contribution in [2.45, 2.75) is 45.2 Å². The van der Waals surface area contributed by atoms with Crippen molar-refractivity contribution in [1.82, 2.24) is 4.90 Å². The highest BCUT2D eigenvalue weighted by Crippen LogP contribution is 2.21. The molecule has 0 aromatic heterocycles. The van der Waals surface area contributed by atoms with E-state index in [0.717, 1.165) is 44.5 Å². The Morgan fingerprint density at radius 3 is 2.35 bits per heavy atom. The van der Waals surface area contributed by atoms with Crippen molar-refractivity contribution in [3.63, 3.8) is 0 Å². The Balaban J connectivity index is 2.00. The first-order valence-electron chi connectivity index (χ1n) is 7.12. The number of anilines is 1. The summed E-state index contributed by atoms with van der Waals surface area (Å²) in [6.07, 6.45) is 2.91. The summed E-state index contributed by atoms with van der Waals surface area (Å²) in [6.45, 7) is 6.33. The molecular formula is C15H21F3N2. The molecule has 20 heavy (non-hydrogen) atoms. The van der Waals surface area contributed by atoms with Crippen molar-refractivity contribution >= 4 is 5.69 Å². The van der Waals surface area contributed by atoms with E-state index in [2.05, 4.69) is 24.1 Å². The second-order valence-corrected chi connectivity index (χ2v) is 5.66. The van der Waals surface area contributed by atoms with Crippen LogP contribution in [0.5, 0.6) is 0 Å². The third-order valence-corrected chi connectivity index (χ3v) is 3.85. The van der Waals surface area contributed by atoms with Gasteiger partial charge in [0.1, 0.15) is 0 Å². The molecule has 1 N–H and O–H groups in total. The van der Waals surface area contributed by atoms with Crippen molar-refractivity contribution in [2.75, 3.05) is 18.4 Å². The molecule has 0 bridgehead atoms. The van der Waals surface area contributed by atoms with Crippen molar-refractivity contribution in [2.24, 2.45) is 0 Å². The smallest absolute Gasteiger partial charge is 0.194 e. The van der Waals surface area contributed by atoms with Gasteiger partial charge in [0.05, 0.1) is 0 Å². The molecule has 1 saturated heterocycles. The number of likely N-dealkylation sites (tertiary alicyclic amines) is 1. The molecule has 1 aromatic rings. The Bertz CT molecular complexity index is 439. The maximum absolute atomic E-state index is 13.2. The summed E-state index contributed by atoms with van der Waals surface area (Å²) in [6, 6.07) is 2.71. The first kappa shape index (κ1) is 15.2. The van der Waals surface area contributed by atoms with E-state index in [9.17, 15) is 13.2 Å². The van der Waals surface area contributed by atoms with E-state index in [1.165, 1.54) is 0 Å². The van der Waals surface area contributed by atoms with E-state index in [0.29, 0.717) is 11.7 Å². The fourth-order valence-electron chi connectivity index (χ4n) is 2.65. The molecule has 1 unspecified atom stereocenters. The summed E-state index contributed by atoms with van der Waals surface area (Å²) in [5.74, 6) is -3.71. The molecule has 1 fully saturated rings. The summed E-state index contributed by atoms with van der Waals surface area (Å²) in [4.78, 5) is 2.40. The second-order valence-electron chi connectivity index (χ2n) is 5.66. The number of nitrogens with one attached hydrogen (secondary N) is 1. The van der Waals surface area contributed by atoms with Gasteiger partial charge in [-0.1, -0.05) is 0 Å². The Kier molecular flexibility index (Phi) is 4.91. The molecule has 2 rings (SSSR count). The first-order valence-corrected chi connectivity index (χ1v) is 7.12. The van der Waals surface area contributed by atoms with Crippen LogP contribution in [0.1, 0.15) is 33.1 Å². The van der Waals surface area contributed by atoms with Gasteiger partial charge in [0.15, 0.2) is 17.5 Å². The molecule has 0 aliphatic carbocycles. The van der Waals surface area contributed by atoms with E-state index in [1.54, 1.807) is 0 Å². The van der Waals surface area contributed by atoms with Crippen LogP contribution in [0.4, 0.5) is 18.9 Å². The highest BCUT2D eigenvalue weighted by Gasteiger charge is 2.19. The van der Waals surface area contributed by atoms with Gasteiger partial charge in [-0.05, 0) is 39.7 Å². The third kappa shape index (κ3) is 3.66. The minimum Gasteiger partial charge on any atom is -0.382 e. The van der Waals surface area contributed by atoms with Crippen LogP contribution in [0.15, 0.2) is 12.1 Å². The molecule has 0 spiro atoms. The van der Waals surface area contributed by atoms with Crippen LogP contribution in [0.25, 0.3) is 0 Å². The van der Waals surface area contributed by atoms with Crippen LogP contribution >= 0.6 is 0 Å². The van der Waals surface area contributed by atoms with Gasteiger partial charge in [0, 0.05) is 36.4 Å². The molecule has 2 nitrogen and oxygen atoms in total. The zero-order valence-corrected chi connectivity index (χ0v) is 11.9. The first-order chi connectivity index (χ1) is 9.47. The minimum atomic E-state index is -1.41. The lowest BCUT2D eigenvalue weighted by molar-refractivity contribution is 0.230. The number of benzene rings is 1. The highest BCUT2D eigenvalue weighted by molar-refractivity contribution is 5.45. The standard InChI is InChI=1S/C15H21F3N2/c1-10(2)20-6-3-4-11(5-7-20)19-12-8-13(16)15(18)14(17)9-12/h8-11,19H,3-7H2,1-2H3. The van der Waals surface area contributed by atoms with Gasteiger partial charge in [0.25, 0.3) is 0 Å². The van der Waals surface area contributed by atoms with Gasteiger partial charge in [-0.25, -0.2) is 13.2 Å². The van der Waals surface area contributed by atoms with Gasteiger partial charge < -0.3 is 10.2 Å². The lowest BCUT2D eigenvalue weighted by atomic mass is 10.1. The Morgan fingerprint density at radius 2 is 1.75 bits per heavy atom. The molecule has 112 valence electrons. The van der Waals surface area contributed by atoms with E-state index in [4.69, 9.17) is 0 Å². The van der Waals surface area contributed by atoms with E-state index >= 15 is 0 Å². The molecule has 1 heterocycles. The minimum absolute atomic E-state index is 0.169. The SMILES string of the molecule is CC(C)N1CCCC(Nc2cc(F)c(F)c(F)c2)CC1. The molecule has 0 amide bonds. The fraction of sp³-hybridized carbons (Fsp3) is 0.600. The normalized spacial score (nSPS) is 21.0. The summed E-state index contributed by atoms with van der Waals surface area (Å²) >= 11 is 0. The Labute approximate surface area is 118 Å². The predicted molar refractivity (Wildman–Crippen MR) is 74.3 cm³/mol. The summed E-state index contributed by atoms with van der Waals surface area (Å²) < 4.78 is 39.3. The molecule has 1 atom stereocenters. The van der Waals surface area contributed by atoms with Crippen LogP contribution in [-0.4, -0.2) is 30.1 Å². The maximum Gasteiger partial charge on any atom is 0.194 e. The average Bonchev–Trinajstić information content (AvgIpc) is 2.61. The van der Waals surface area contributed by atoms with Gasteiger partial charge in [0.2, 0.25) is 0 Å². The summed E-state index contributed by atoms with van der Waals surface area (Å²) in [7, 11) is 0. The van der Waals surface area contributed by atoms with Crippen molar-refractivity contribution in [3.8, 4) is 0 Å². The second kappa shape index (κ2) is 6.48.